The number of aliphatic hydroxyl groups excluding tert-OH is 2. The number of hydrogen-bond donors (Lipinski definition) is 3. The van der Waals surface area contributed by atoms with E-state index in [9.17, 15) is 19.8 Å². The van der Waals surface area contributed by atoms with Crippen molar-refractivity contribution < 1.29 is 24.5 Å². The summed E-state index contributed by atoms with van der Waals surface area (Å²) in [6.07, 6.45) is 55.3. The van der Waals surface area contributed by atoms with Crippen molar-refractivity contribution in [3.63, 3.8) is 0 Å². The average Bonchev–Trinajstić information content (AvgIpc) is 3.20. The second-order valence-electron chi connectivity index (χ2n) is 15.9. The van der Waals surface area contributed by atoms with Gasteiger partial charge in [-0.3, -0.25) is 9.59 Å². The van der Waals surface area contributed by atoms with E-state index in [4.69, 9.17) is 4.74 Å². The van der Waals surface area contributed by atoms with Gasteiger partial charge in [-0.25, -0.2) is 0 Å². The third-order valence-electron chi connectivity index (χ3n) is 10.5. The van der Waals surface area contributed by atoms with Crippen molar-refractivity contribution in [3.05, 3.63) is 72.9 Å². The van der Waals surface area contributed by atoms with Crippen molar-refractivity contribution in [2.24, 2.45) is 0 Å². The lowest BCUT2D eigenvalue weighted by Gasteiger charge is -2.24. The average molecular weight is 796 g/mol. The van der Waals surface area contributed by atoms with Crippen LogP contribution >= 0.6 is 0 Å². The largest absolute Gasteiger partial charge is 0.462 e. The number of unbranched alkanes of at least 4 members (excludes halogenated alkanes) is 22. The molecule has 0 radical (unpaired) electrons. The van der Waals surface area contributed by atoms with Gasteiger partial charge in [0.05, 0.1) is 25.2 Å². The van der Waals surface area contributed by atoms with Gasteiger partial charge < -0.3 is 20.3 Å². The minimum atomic E-state index is -0.795. The molecule has 0 aliphatic carbocycles. The highest BCUT2D eigenvalue weighted by Crippen LogP contribution is 2.17. The van der Waals surface area contributed by atoms with Crippen LogP contribution in [-0.2, 0) is 14.3 Å². The molecule has 0 rings (SSSR count). The Hall–Kier alpha value is -2.70. The molecule has 6 nitrogen and oxygen atoms in total. The molecule has 3 N–H and O–H groups in total. The lowest BCUT2D eigenvalue weighted by atomic mass is 10.0. The zero-order valence-corrected chi connectivity index (χ0v) is 37.2. The highest BCUT2D eigenvalue weighted by atomic mass is 16.5. The lowest BCUT2D eigenvalue weighted by Crippen LogP contribution is -2.46. The molecule has 57 heavy (non-hydrogen) atoms. The van der Waals surface area contributed by atoms with Crippen LogP contribution in [0.15, 0.2) is 72.9 Å². The number of carbonyl (C=O) groups is 2. The van der Waals surface area contributed by atoms with Crippen LogP contribution in [0.4, 0.5) is 0 Å². The van der Waals surface area contributed by atoms with Crippen LogP contribution in [0, 0.1) is 0 Å². The van der Waals surface area contributed by atoms with E-state index >= 15 is 0 Å². The summed E-state index contributed by atoms with van der Waals surface area (Å²) in [5, 5.41) is 23.6. The normalized spacial score (nSPS) is 14.0. The molecular formula is C51H89NO5. The quantitative estimate of drug-likeness (QED) is 0.0325. The number of aliphatic hydroxyl groups is 2. The first-order valence-electron chi connectivity index (χ1n) is 23.7. The van der Waals surface area contributed by atoms with Gasteiger partial charge in [-0.05, 0) is 44.9 Å². The number of rotatable bonds is 41. The van der Waals surface area contributed by atoms with Crippen LogP contribution in [0.2, 0.25) is 0 Å². The SMILES string of the molecule is CC\C=C/C=C/C=C/C=C\C=C\C=C\CCCCCC(=O)OC(CCCCCCCCCCCCCC)CC(=O)NC(CO)C(O)CCCCCCCCCCC. The summed E-state index contributed by atoms with van der Waals surface area (Å²) in [7, 11) is 0. The van der Waals surface area contributed by atoms with Crippen LogP contribution in [0.5, 0.6) is 0 Å². The molecule has 0 bridgehead atoms. The Morgan fingerprint density at radius 1 is 0.526 bits per heavy atom. The maximum atomic E-state index is 13.1. The van der Waals surface area contributed by atoms with E-state index in [2.05, 4.69) is 44.3 Å². The molecule has 0 spiro atoms. The molecule has 0 aliphatic rings. The van der Waals surface area contributed by atoms with Gasteiger partial charge in [-0.2, -0.15) is 0 Å². The molecule has 0 saturated carbocycles. The Kier molecular flexibility index (Phi) is 42.3. The molecule has 0 aromatic rings. The van der Waals surface area contributed by atoms with Gasteiger partial charge in [0, 0.05) is 6.42 Å². The molecule has 0 aliphatic heterocycles. The van der Waals surface area contributed by atoms with E-state index in [1.54, 1.807) is 0 Å². The van der Waals surface area contributed by atoms with Crippen LogP contribution in [-0.4, -0.2) is 46.9 Å². The lowest BCUT2D eigenvalue weighted by molar-refractivity contribution is -0.151. The third kappa shape index (κ3) is 39.9. The molecule has 0 fully saturated rings. The summed E-state index contributed by atoms with van der Waals surface area (Å²) in [5.41, 5.74) is 0. The second-order valence-corrected chi connectivity index (χ2v) is 15.9. The summed E-state index contributed by atoms with van der Waals surface area (Å²) in [6.45, 7) is 6.30. The van der Waals surface area contributed by atoms with Crippen LogP contribution in [0.1, 0.15) is 213 Å². The van der Waals surface area contributed by atoms with E-state index in [0.717, 1.165) is 70.6 Å². The molecule has 0 aromatic heterocycles. The highest BCUT2D eigenvalue weighted by Gasteiger charge is 2.24. The predicted molar refractivity (Wildman–Crippen MR) is 245 cm³/mol. The smallest absolute Gasteiger partial charge is 0.306 e. The molecule has 0 heterocycles. The minimum absolute atomic E-state index is 0.0580. The van der Waals surface area contributed by atoms with Gasteiger partial charge in [-0.15, -0.1) is 0 Å². The summed E-state index contributed by atoms with van der Waals surface area (Å²) in [6, 6.07) is -0.710. The molecule has 328 valence electrons. The zero-order valence-electron chi connectivity index (χ0n) is 37.2. The Labute approximate surface area is 351 Å². The van der Waals surface area contributed by atoms with E-state index in [0.29, 0.717) is 19.3 Å². The predicted octanol–water partition coefficient (Wildman–Crippen LogP) is 13.8. The van der Waals surface area contributed by atoms with Crippen LogP contribution in [0.25, 0.3) is 0 Å². The second kappa shape index (κ2) is 44.4. The number of esters is 1. The first-order valence-corrected chi connectivity index (χ1v) is 23.7. The number of amides is 1. The summed E-state index contributed by atoms with van der Waals surface area (Å²) in [5.74, 6) is -0.527. The van der Waals surface area contributed by atoms with E-state index in [-0.39, 0.29) is 24.9 Å². The molecule has 0 aromatic carbocycles. The van der Waals surface area contributed by atoms with Gasteiger partial charge in [0.2, 0.25) is 5.91 Å². The fourth-order valence-electron chi connectivity index (χ4n) is 6.87. The molecular weight excluding hydrogens is 707 g/mol. The van der Waals surface area contributed by atoms with E-state index < -0.39 is 18.2 Å². The highest BCUT2D eigenvalue weighted by molar-refractivity contribution is 5.77. The monoisotopic (exact) mass is 796 g/mol. The molecule has 3 unspecified atom stereocenters. The maximum absolute atomic E-state index is 13.1. The van der Waals surface area contributed by atoms with Crippen LogP contribution in [0.3, 0.4) is 0 Å². The minimum Gasteiger partial charge on any atom is -0.462 e. The molecule has 1 amide bonds. The van der Waals surface area contributed by atoms with E-state index in [1.807, 2.05) is 54.7 Å². The van der Waals surface area contributed by atoms with Crippen molar-refractivity contribution in [1.29, 1.82) is 0 Å². The number of hydrogen-bond acceptors (Lipinski definition) is 5. The fourth-order valence-corrected chi connectivity index (χ4v) is 6.87. The Morgan fingerprint density at radius 3 is 1.42 bits per heavy atom. The summed E-state index contributed by atoms with van der Waals surface area (Å²) < 4.78 is 5.89. The standard InChI is InChI=1S/C51H89NO5/c1-4-7-10-13-16-19-21-23-24-25-26-27-29-32-35-38-41-44-51(56)57-47(42-39-36-33-31-28-22-20-17-14-11-8-5-2)45-50(55)52-48(46-53)49(54)43-40-37-34-30-18-15-12-9-6-3/h7,10,13,16,19,21,23-27,29,47-49,53-54H,4-6,8-9,11-12,14-15,17-18,20,22,28,30-46H2,1-3H3,(H,52,55)/b10-7-,16-13+,21-19+,24-23-,26-25+,29-27+. The molecule has 0 saturated heterocycles. The van der Waals surface area contributed by atoms with Gasteiger partial charge >= 0.3 is 5.97 Å². The van der Waals surface area contributed by atoms with Crippen LogP contribution < -0.4 is 5.32 Å². The van der Waals surface area contributed by atoms with Crippen molar-refractivity contribution in [2.45, 2.75) is 232 Å². The summed E-state index contributed by atoms with van der Waals surface area (Å²) >= 11 is 0. The van der Waals surface area contributed by atoms with Crippen molar-refractivity contribution in [1.82, 2.24) is 5.32 Å². The first-order chi connectivity index (χ1) is 28.0. The Morgan fingerprint density at radius 2 is 0.947 bits per heavy atom. The molecule has 3 atom stereocenters. The van der Waals surface area contributed by atoms with E-state index in [1.165, 1.54) is 96.3 Å². The van der Waals surface area contributed by atoms with Gasteiger partial charge in [0.15, 0.2) is 0 Å². The number of carbonyl (C=O) groups excluding carboxylic acids is 2. The molecule has 6 heteroatoms. The number of nitrogens with one attached hydrogen (secondary N) is 1. The van der Waals surface area contributed by atoms with Crippen molar-refractivity contribution in [2.75, 3.05) is 6.61 Å². The van der Waals surface area contributed by atoms with Gasteiger partial charge in [0.1, 0.15) is 6.10 Å². The zero-order chi connectivity index (χ0) is 41.7. The maximum Gasteiger partial charge on any atom is 0.306 e. The summed E-state index contributed by atoms with van der Waals surface area (Å²) in [4.78, 5) is 26.0. The Balaban J connectivity index is 4.68. The van der Waals surface area contributed by atoms with Gasteiger partial charge in [0.25, 0.3) is 0 Å². The topological polar surface area (TPSA) is 95.9 Å². The number of ether oxygens (including phenoxy) is 1. The Bertz CT molecular complexity index is 1070. The van der Waals surface area contributed by atoms with Crippen molar-refractivity contribution in [3.8, 4) is 0 Å². The fraction of sp³-hybridized carbons (Fsp3) is 0.725. The van der Waals surface area contributed by atoms with Crippen molar-refractivity contribution >= 4 is 11.9 Å². The third-order valence-corrected chi connectivity index (χ3v) is 10.5. The van der Waals surface area contributed by atoms with Gasteiger partial charge in [-0.1, -0.05) is 229 Å². The number of allylic oxidation sites excluding steroid dienone is 12. The first kappa shape index (κ1) is 54.3.